The molecular weight excluding hydrogens is 308 g/mol. The first-order valence-corrected chi connectivity index (χ1v) is 9.15. The van der Waals surface area contributed by atoms with Gasteiger partial charge in [0.25, 0.3) is 4.96 Å². The molecule has 0 aromatic carbocycles. The second-order valence-corrected chi connectivity index (χ2v) is 7.55. The number of rotatable bonds is 5. The van der Waals surface area contributed by atoms with Crippen molar-refractivity contribution < 1.29 is 4.92 Å². The molecule has 1 aliphatic carbocycles. The Kier molecular flexibility index (Phi) is 4.08. The van der Waals surface area contributed by atoms with Crippen molar-refractivity contribution in [2.45, 2.75) is 36.9 Å². The molecule has 0 amide bonds. The number of thioether (sulfide) groups is 1. The van der Waals surface area contributed by atoms with E-state index in [-0.39, 0.29) is 15.5 Å². The van der Waals surface area contributed by atoms with Crippen LogP contribution in [0.1, 0.15) is 32.1 Å². The number of fused-ring (bicyclic) bond motifs is 1. The molecule has 2 heterocycles. The van der Waals surface area contributed by atoms with Crippen LogP contribution in [-0.2, 0) is 0 Å². The molecule has 114 valence electrons. The number of anilines is 1. The van der Waals surface area contributed by atoms with E-state index in [2.05, 4.69) is 16.6 Å². The van der Waals surface area contributed by atoms with Gasteiger partial charge in [-0.1, -0.05) is 30.6 Å². The summed E-state index contributed by atoms with van der Waals surface area (Å²) in [4.78, 5) is 16.0. The van der Waals surface area contributed by atoms with Gasteiger partial charge in [-0.05, 0) is 24.0 Å². The minimum atomic E-state index is -0.359. The largest absolute Gasteiger partial charge is 0.372 e. The molecule has 1 N–H and O–H groups in total. The van der Waals surface area contributed by atoms with Gasteiger partial charge in [0.1, 0.15) is 6.20 Å². The topological polar surface area (TPSA) is 72.5 Å². The van der Waals surface area contributed by atoms with Gasteiger partial charge in [0.2, 0.25) is 5.82 Å². The first-order valence-electron chi connectivity index (χ1n) is 7.04. The molecule has 1 fully saturated rings. The second kappa shape index (κ2) is 5.84. The summed E-state index contributed by atoms with van der Waals surface area (Å²) in [7, 11) is 0. The second-order valence-electron chi connectivity index (χ2n) is 5.40. The minimum Gasteiger partial charge on any atom is -0.362 e. The zero-order valence-electron chi connectivity index (χ0n) is 11.9. The lowest BCUT2D eigenvalue weighted by atomic mass is 9.88. The van der Waals surface area contributed by atoms with Crippen LogP contribution in [0.15, 0.2) is 11.6 Å². The van der Waals surface area contributed by atoms with Crippen molar-refractivity contribution in [2.24, 2.45) is 0 Å². The van der Waals surface area contributed by atoms with Crippen molar-refractivity contribution in [1.82, 2.24) is 9.38 Å². The van der Waals surface area contributed by atoms with Crippen LogP contribution in [0.3, 0.4) is 0 Å². The molecule has 0 spiro atoms. The van der Waals surface area contributed by atoms with Crippen LogP contribution >= 0.6 is 23.1 Å². The number of nitrogens with one attached hydrogen (secondary N) is 1. The van der Waals surface area contributed by atoms with Crippen molar-refractivity contribution >= 4 is 39.7 Å². The van der Waals surface area contributed by atoms with Gasteiger partial charge in [0.15, 0.2) is 0 Å². The third kappa shape index (κ3) is 2.74. The number of nitrogens with zero attached hydrogens (tertiary/aromatic N) is 3. The first kappa shape index (κ1) is 14.6. The van der Waals surface area contributed by atoms with E-state index in [1.54, 1.807) is 10.6 Å². The Balaban J connectivity index is 1.82. The van der Waals surface area contributed by atoms with Crippen LogP contribution < -0.4 is 5.32 Å². The average molecular weight is 326 g/mol. The average Bonchev–Trinajstić information content (AvgIpc) is 3.05. The highest BCUT2D eigenvalue weighted by atomic mass is 32.2. The van der Waals surface area contributed by atoms with Crippen molar-refractivity contribution in [1.29, 1.82) is 0 Å². The molecule has 2 aromatic rings. The fourth-order valence-corrected chi connectivity index (χ4v) is 4.58. The summed E-state index contributed by atoms with van der Waals surface area (Å²) in [6.07, 6.45) is 9.93. The molecule has 21 heavy (non-hydrogen) atoms. The summed E-state index contributed by atoms with van der Waals surface area (Å²) in [5, 5.41) is 16.4. The number of hydrogen-bond donors (Lipinski definition) is 1. The lowest BCUT2D eigenvalue weighted by Crippen LogP contribution is -2.35. The van der Waals surface area contributed by atoms with Crippen LogP contribution in [-0.4, -0.2) is 31.9 Å². The maximum Gasteiger partial charge on any atom is 0.372 e. The third-order valence-electron chi connectivity index (χ3n) is 4.19. The summed E-state index contributed by atoms with van der Waals surface area (Å²) < 4.78 is 1.72. The van der Waals surface area contributed by atoms with E-state index in [4.69, 9.17) is 0 Å². The van der Waals surface area contributed by atoms with E-state index in [1.807, 2.05) is 17.1 Å². The molecule has 0 unspecified atom stereocenters. The molecule has 3 rings (SSSR count). The van der Waals surface area contributed by atoms with E-state index in [0.29, 0.717) is 10.8 Å². The highest BCUT2D eigenvalue weighted by molar-refractivity contribution is 8.00. The number of nitro groups is 1. The Morgan fingerprint density at radius 2 is 2.29 bits per heavy atom. The lowest BCUT2D eigenvalue weighted by Gasteiger charge is -2.35. The predicted molar refractivity (Wildman–Crippen MR) is 87.5 cm³/mol. The van der Waals surface area contributed by atoms with Crippen molar-refractivity contribution in [3.05, 3.63) is 21.7 Å². The summed E-state index contributed by atoms with van der Waals surface area (Å²) in [6, 6.07) is 0. The molecule has 1 aliphatic rings. The highest BCUT2D eigenvalue weighted by Gasteiger charge is 2.32. The maximum absolute atomic E-state index is 11.3. The Bertz CT molecular complexity index is 646. The van der Waals surface area contributed by atoms with Crippen molar-refractivity contribution in [2.75, 3.05) is 18.1 Å². The van der Waals surface area contributed by atoms with E-state index in [0.717, 1.165) is 19.4 Å². The molecule has 0 radical (unpaired) electrons. The fraction of sp³-hybridized carbons (Fsp3) is 0.615. The highest BCUT2D eigenvalue weighted by Crippen LogP contribution is 2.39. The molecule has 0 aliphatic heterocycles. The van der Waals surface area contributed by atoms with Crippen LogP contribution in [0.25, 0.3) is 4.96 Å². The van der Waals surface area contributed by atoms with Gasteiger partial charge in [-0.25, -0.2) is 0 Å². The van der Waals surface area contributed by atoms with Gasteiger partial charge >= 0.3 is 5.82 Å². The van der Waals surface area contributed by atoms with Gasteiger partial charge < -0.3 is 15.4 Å². The number of aromatic nitrogens is 2. The Morgan fingerprint density at radius 1 is 1.52 bits per heavy atom. The summed E-state index contributed by atoms with van der Waals surface area (Å²) in [6.45, 7) is 0.736. The normalized spacial score (nSPS) is 18.0. The van der Waals surface area contributed by atoms with Gasteiger partial charge in [0, 0.05) is 16.7 Å². The predicted octanol–water partition coefficient (Wildman–Crippen LogP) is 3.78. The van der Waals surface area contributed by atoms with Crippen LogP contribution in [0.2, 0.25) is 0 Å². The molecule has 6 nitrogen and oxygen atoms in total. The van der Waals surface area contributed by atoms with E-state index in [9.17, 15) is 10.1 Å². The lowest BCUT2D eigenvalue weighted by molar-refractivity contribution is -0.389. The summed E-state index contributed by atoms with van der Waals surface area (Å²) >= 11 is 3.28. The van der Waals surface area contributed by atoms with Crippen molar-refractivity contribution in [3.8, 4) is 0 Å². The summed E-state index contributed by atoms with van der Waals surface area (Å²) in [5.41, 5.74) is 0. The van der Waals surface area contributed by atoms with Crippen LogP contribution in [0, 0.1) is 10.1 Å². The quantitative estimate of drug-likeness (QED) is 0.668. The number of thiazole rings is 1. The first-order chi connectivity index (χ1) is 10.2. The molecule has 0 saturated heterocycles. The van der Waals surface area contributed by atoms with Gasteiger partial charge in [0.05, 0.1) is 0 Å². The Labute approximate surface area is 131 Å². The van der Waals surface area contributed by atoms with Gasteiger partial charge in [-0.15, -0.1) is 0 Å². The standard InChI is InChI=1S/C13H18N4O2S2/c1-20-13(5-3-2-4-6-13)9-14-10-11(17(18)19)16-7-8-21-12(16)15-10/h7-8,14H,2-6,9H2,1H3. The monoisotopic (exact) mass is 326 g/mol. The summed E-state index contributed by atoms with van der Waals surface area (Å²) in [5.74, 6) is 0.434. The Hall–Kier alpha value is -1.28. The van der Waals surface area contributed by atoms with Crippen LogP contribution in [0.4, 0.5) is 11.6 Å². The smallest absolute Gasteiger partial charge is 0.362 e. The molecular formula is C13H18N4O2S2. The van der Waals surface area contributed by atoms with Gasteiger partial charge in [-0.2, -0.15) is 21.1 Å². The third-order valence-corrected chi connectivity index (χ3v) is 6.36. The Morgan fingerprint density at radius 3 is 2.95 bits per heavy atom. The fourth-order valence-electron chi connectivity index (χ4n) is 2.96. The van der Waals surface area contributed by atoms with E-state index in [1.165, 1.54) is 30.6 Å². The molecule has 1 saturated carbocycles. The SMILES string of the molecule is CSC1(CNc2nc3sccn3c2[N+](=O)[O-])CCCCC1. The van der Waals surface area contributed by atoms with E-state index >= 15 is 0 Å². The maximum atomic E-state index is 11.3. The molecule has 2 aromatic heterocycles. The zero-order chi connectivity index (χ0) is 14.9. The van der Waals surface area contributed by atoms with E-state index < -0.39 is 0 Å². The zero-order valence-corrected chi connectivity index (χ0v) is 13.5. The van der Waals surface area contributed by atoms with Crippen LogP contribution in [0.5, 0.6) is 0 Å². The minimum absolute atomic E-state index is 0.0401. The molecule has 8 heteroatoms. The van der Waals surface area contributed by atoms with Crippen molar-refractivity contribution in [3.63, 3.8) is 0 Å². The number of hydrogen-bond acceptors (Lipinski definition) is 6. The van der Waals surface area contributed by atoms with Gasteiger partial charge in [-0.3, -0.25) is 0 Å². The molecule has 0 bridgehead atoms. The number of imidazole rings is 1. The molecule has 0 atom stereocenters.